The number of aliphatic hydroxyl groups is 1. The summed E-state index contributed by atoms with van der Waals surface area (Å²) in [6, 6.07) is 2.09. The van der Waals surface area contributed by atoms with Gasteiger partial charge in [-0.1, -0.05) is 40.5 Å². The average molecular weight is 747 g/mol. The summed E-state index contributed by atoms with van der Waals surface area (Å²) in [7, 11) is -0.971. The number of aliphatic hydroxyl groups excluding tert-OH is 1. The highest BCUT2D eigenvalue weighted by atomic mass is 32.2. The Labute approximate surface area is 294 Å². The number of hydrogen-bond acceptors (Lipinski definition) is 10. The number of piperidine rings is 1. The molecule has 5 atom stereocenters. The maximum absolute atomic E-state index is 13.9. The molecule has 1 aromatic carbocycles. The number of likely N-dealkylation sites (N-methyl/N-ethyl adjacent to an activating group) is 2. The van der Waals surface area contributed by atoms with Gasteiger partial charge in [-0.3, -0.25) is 24.1 Å². The van der Waals surface area contributed by atoms with Crippen LogP contribution in [-0.2, 0) is 24.4 Å². The number of carbonyl (C=O) groups excluding carboxylic acids is 4. The minimum Gasteiger partial charge on any atom is -0.386 e. The van der Waals surface area contributed by atoms with Crippen LogP contribution in [0.4, 0.5) is 18.9 Å². The number of anilines is 1. The maximum Gasteiger partial charge on any atom is 0.471 e. The number of hydrogen-bond donors (Lipinski definition) is 4. The Bertz CT molecular complexity index is 1620. The molecule has 0 bridgehead atoms. The Hall–Kier alpha value is -3.61. The second kappa shape index (κ2) is 17.1. The number of sulfonamides is 1. The molecule has 18 heteroatoms. The average Bonchev–Trinajstić information content (AvgIpc) is 3.56. The van der Waals surface area contributed by atoms with Gasteiger partial charge in [-0.2, -0.15) is 13.2 Å². The molecule has 0 spiro atoms. The number of halogens is 3. The summed E-state index contributed by atoms with van der Waals surface area (Å²) in [5.41, 5.74) is -0.616. The van der Waals surface area contributed by atoms with E-state index in [0.717, 1.165) is 55.0 Å². The van der Waals surface area contributed by atoms with Crippen molar-refractivity contribution in [3.05, 3.63) is 40.3 Å². The Morgan fingerprint density at radius 1 is 1.12 bits per heavy atom. The van der Waals surface area contributed by atoms with Gasteiger partial charge in [0.1, 0.15) is 22.8 Å². The van der Waals surface area contributed by atoms with Gasteiger partial charge in [0, 0.05) is 30.6 Å². The van der Waals surface area contributed by atoms with Crippen molar-refractivity contribution in [3.8, 4) is 0 Å². The Kier molecular flexibility index (Phi) is 13.9. The van der Waals surface area contributed by atoms with Crippen LogP contribution in [0, 0.1) is 11.8 Å². The van der Waals surface area contributed by atoms with Crippen LogP contribution in [0.5, 0.6) is 0 Å². The Balaban J connectivity index is 1.68. The molecule has 2 heterocycles. The van der Waals surface area contributed by atoms with E-state index in [2.05, 4.69) is 10.3 Å². The monoisotopic (exact) mass is 746 g/mol. The summed E-state index contributed by atoms with van der Waals surface area (Å²) < 4.78 is 64.8. The molecule has 3 rings (SSSR count). The summed E-state index contributed by atoms with van der Waals surface area (Å²) in [6.45, 7) is 8.41. The van der Waals surface area contributed by atoms with E-state index in [-0.39, 0.29) is 52.5 Å². The predicted octanol–water partition coefficient (Wildman–Crippen LogP) is 3.68. The van der Waals surface area contributed by atoms with E-state index in [1.807, 2.05) is 44.4 Å². The van der Waals surface area contributed by atoms with Crippen LogP contribution in [0.3, 0.4) is 0 Å². The van der Waals surface area contributed by atoms with Crippen LogP contribution in [0.1, 0.15) is 81.4 Å². The van der Waals surface area contributed by atoms with E-state index in [4.69, 9.17) is 0 Å². The molecular weight excluding hydrogens is 702 g/mol. The van der Waals surface area contributed by atoms with Gasteiger partial charge in [-0.05, 0) is 62.5 Å². The van der Waals surface area contributed by atoms with Crippen LogP contribution >= 0.6 is 11.3 Å². The first-order chi connectivity index (χ1) is 23.3. The third kappa shape index (κ3) is 10.5. The van der Waals surface area contributed by atoms with E-state index >= 15 is 0 Å². The molecule has 0 aliphatic carbocycles. The maximum atomic E-state index is 13.9. The number of likely N-dealkylation sites (tertiary alicyclic amines) is 1. The van der Waals surface area contributed by atoms with Crippen LogP contribution in [-0.4, -0.2) is 96.9 Å². The number of nitrogens with one attached hydrogen (secondary N) is 3. The predicted molar refractivity (Wildman–Crippen MR) is 181 cm³/mol. The molecule has 4 N–H and O–H groups in total. The molecule has 13 nitrogen and oxygen atoms in total. The number of nitrogens with zero attached hydrogens (tertiary/aromatic N) is 3. The highest BCUT2D eigenvalue weighted by molar-refractivity contribution is 7.90. The molecule has 0 saturated carbocycles. The molecule has 1 fully saturated rings. The van der Waals surface area contributed by atoms with E-state index in [9.17, 15) is 45.9 Å². The molecule has 0 unspecified atom stereocenters. The first-order valence-electron chi connectivity index (χ1n) is 16.2. The van der Waals surface area contributed by atoms with Crippen molar-refractivity contribution in [2.75, 3.05) is 26.0 Å². The smallest absolute Gasteiger partial charge is 0.386 e. The number of rotatable bonds is 14. The SMILES string of the molecule is CC[C@H](C)[C@H](NC(=O)[C@H]1CCCCN1C)C(=O)N(C)[C@H](C[C@@H](O)c1nc(C(=O)NS(=O)(=O)c2ccc(NC(=O)C(F)(F)F)cc2)cs1)C(C)C. The minimum absolute atomic E-state index is 0.0382. The molecule has 278 valence electrons. The number of alkyl halides is 3. The summed E-state index contributed by atoms with van der Waals surface area (Å²) in [6.07, 6.45) is -3.03. The van der Waals surface area contributed by atoms with Crippen molar-refractivity contribution >= 4 is 50.7 Å². The van der Waals surface area contributed by atoms with Crippen LogP contribution in [0.2, 0.25) is 0 Å². The van der Waals surface area contributed by atoms with E-state index in [1.54, 1.807) is 12.4 Å². The molecular formula is C32H45F3N6O7S2. The fourth-order valence-corrected chi connectivity index (χ4v) is 7.38. The zero-order valence-electron chi connectivity index (χ0n) is 28.8. The summed E-state index contributed by atoms with van der Waals surface area (Å²) in [5.74, 6) is -4.12. The van der Waals surface area contributed by atoms with Gasteiger partial charge in [0.25, 0.3) is 15.9 Å². The zero-order valence-corrected chi connectivity index (χ0v) is 30.4. The highest BCUT2D eigenvalue weighted by Crippen LogP contribution is 2.28. The zero-order chi connectivity index (χ0) is 37.6. The normalized spacial score (nSPS) is 18.1. The molecule has 0 radical (unpaired) electrons. The second-order valence-corrected chi connectivity index (χ2v) is 15.4. The standard InChI is InChI=1S/C32H45F3N6O7S2/c1-7-19(4)26(38-28(44)23-10-8-9-15-40(23)5)30(45)41(6)24(18(2)3)16-25(42)29-37-22(17-49-29)27(43)39-50(47,48)21-13-11-20(12-14-21)36-31(46)32(33,34)35/h11-14,17-19,23-26,42H,7-10,15-16H2,1-6H3,(H,36,46)(H,38,44)(H,39,43)/t19-,23+,24+,25+,26-/m0/s1. The van der Waals surface area contributed by atoms with Crippen molar-refractivity contribution in [1.82, 2.24) is 24.8 Å². The third-order valence-electron chi connectivity index (χ3n) is 8.88. The van der Waals surface area contributed by atoms with E-state index in [1.165, 1.54) is 10.3 Å². The van der Waals surface area contributed by atoms with Crippen molar-refractivity contribution in [3.63, 3.8) is 0 Å². The van der Waals surface area contributed by atoms with Crippen LogP contribution in [0.15, 0.2) is 34.5 Å². The topological polar surface area (TPSA) is 178 Å². The first-order valence-corrected chi connectivity index (χ1v) is 18.6. The first kappa shape index (κ1) is 40.8. The van der Waals surface area contributed by atoms with Gasteiger partial charge < -0.3 is 20.6 Å². The molecule has 50 heavy (non-hydrogen) atoms. The third-order valence-corrected chi connectivity index (χ3v) is 11.2. The van der Waals surface area contributed by atoms with Crippen molar-refractivity contribution in [1.29, 1.82) is 0 Å². The molecule has 1 aliphatic heterocycles. The number of thiazole rings is 1. The molecule has 1 aliphatic rings. The second-order valence-electron chi connectivity index (χ2n) is 12.9. The Morgan fingerprint density at radius 3 is 2.32 bits per heavy atom. The molecule has 1 aromatic heterocycles. The number of aromatic nitrogens is 1. The van der Waals surface area contributed by atoms with Crippen molar-refractivity contribution in [2.45, 2.75) is 95.1 Å². The van der Waals surface area contributed by atoms with E-state index in [0.29, 0.717) is 12.8 Å². The Morgan fingerprint density at radius 2 is 1.76 bits per heavy atom. The fourth-order valence-electron chi connectivity index (χ4n) is 5.63. The van der Waals surface area contributed by atoms with Crippen molar-refractivity contribution < 1.29 is 45.9 Å². The van der Waals surface area contributed by atoms with Crippen molar-refractivity contribution in [2.24, 2.45) is 11.8 Å². The quantitative estimate of drug-likeness (QED) is 0.225. The lowest BCUT2D eigenvalue weighted by Gasteiger charge is -2.38. The minimum atomic E-state index is -5.14. The molecule has 2 aromatic rings. The van der Waals surface area contributed by atoms with Gasteiger partial charge in [0.15, 0.2) is 0 Å². The van der Waals surface area contributed by atoms with Gasteiger partial charge in [-0.15, -0.1) is 11.3 Å². The number of amides is 4. The molecule has 1 saturated heterocycles. The van der Waals surface area contributed by atoms with Crippen LogP contribution in [0.25, 0.3) is 0 Å². The highest BCUT2D eigenvalue weighted by Gasteiger charge is 2.39. The summed E-state index contributed by atoms with van der Waals surface area (Å²) >= 11 is 0.916. The van der Waals surface area contributed by atoms with Gasteiger partial charge >= 0.3 is 12.1 Å². The van der Waals surface area contributed by atoms with Gasteiger partial charge in [0.05, 0.1) is 10.9 Å². The fraction of sp³-hybridized carbons (Fsp3) is 0.594. The summed E-state index contributed by atoms with van der Waals surface area (Å²) in [4.78, 5) is 58.2. The number of carbonyl (C=O) groups is 4. The number of benzene rings is 1. The lowest BCUT2D eigenvalue weighted by molar-refractivity contribution is -0.167. The largest absolute Gasteiger partial charge is 0.471 e. The molecule has 4 amide bonds. The van der Waals surface area contributed by atoms with E-state index < -0.39 is 51.1 Å². The van der Waals surface area contributed by atoms with Crippen LogP contribution < -0.4 is 15.4 Å². The summed E-state index contributed by atoms with van der Waals surface area (Å²) in [5, 5.41) is 17.1. The van der Waals surface area contributed by atoms with Gasteiger partial charge in [0.2, 0.25) is 11.8 Å². The lowest BCUT2D eigenvalue weighted by Crippen LogP contribution is -2.58. The van der Waals surface area contributed by atoms with Gasteiger partial charge in [-0.25, -0.2) is 18.1 Å². The lowest BCUT2D eigenvalue weighted by atomic mass is 9.92.